The smallest absolute Gasteiger partial charge is 0.412 e. The number of hydrogen-bond acceptors (Lipinski definition) is 10. The van der Waals surface area contributed by atoms with E-state index in [9.17, 15) is 28.8 Å². The predicted molar refractivity (Wildman–Crippen MR) is 199 cm³/mol. The first kappa shape index (κ1) is 52.2. The molecule has 14 nitrogen and oxygen atoms in total. The molecule has 52 heavy (non-hydrogen) atoms. The molecule has 0 aliphatic heterocycles. The van der Waals surface area contributed by atoms with Crippen LogP contribution in [0.1, 0.15) is 90.1 Å². The zero-order chi connectivity index (χ0) is 39.1. The van der Waals surface area contributed by atoms with E-state index in [0.29, 0.717) is 16.7 Å². The Morgan fingerprint density at radius 1 is 0.692 bits per heavy atom. The SMILES string of the molecule is C=C(NC(=O)OC(C)(C)C)C(=O)OC.COC(=O)/C(=C/c1c(C)cc(C(N)=O)cc1C)NC(=O)OC(C)(C)C.Cc1[c-]c(C)cc(C(N)=O)c1.P.[Y]. The van der Waals surface area contributed by atoms with Crippen molar-refractivity contribution in [1.29, 1.82) is 0 Å². The van der Waals surface area contributed by atoms with Crippen molar-refractivity contribution in [3.63, 3.8) is 0 Å². The first-order chi connectivity index (χ1) is 22.8. The third-order valence-electron chi connectivity index (χ3n) is 5.71. The average Bonchev–Trinajstić information content (AvgIpc) is 2.95. The molecule has 1 radical (unpaired) electrons. The summed E-state index contributed by atoms with van der Waals surface area (Å²) in [6, 6.07) is 9.75. The maximum Gasteiger partial charge on any atom is 0.412 e. The molecule has 0 heterocycles. The van der Waals surface area contributed by atoms with Crippen LogP contribution in [0, 0.1) is 33.8 Å². The molecule has 16 heteroatoms. The quantitative estimate of drug-likeness (QED) is 0.0975. The number of primary amides is 2. The molecule has 6 N–H and O–H groups in total. The van der Waals surface area contributed by atoms with E-state index < -0.39 is 41.2 Å². The van der Waals surface area contributed by atoms with Gasteiger partial charge in [-0.15, -0.1) is 0 Å². The van der Waals surface area contributed by atoms with Gasteiger partial charge in [0.2, 0.25) is 11.8 Å². The molecule has 2 aromatic rings. The van der Waals surface area contributed by atoms with Crippen molar-refractivity contribution in [3.05, 3.63) is 87.2 Å². The molecule has 0 saturated carbocycles. The number of alkyl carbamates (subject to hydrolysis) is 2. The van der Waals surface area contributed by atoms with Crippen LogP contribution in [-0.2, 0) is 61.2 Å². The first-order valence-corrected chi connectivity index (χ1v) is 15.1. The third-order valence-corrected chi connectivity index (χ3v) is 5.71. The minimum atomic E-state index is -0.770. The Hall–Kier alpha value is -4.13. The number of carbonyl (C=O) groups excluding carboxylic acids is 6. The zero-order valence-corrected chi connectivity index (χ0v) is 36.4. The van der Waals surface area contributed by atoms with Crippen LogP contribution in [0.15, 0.2) is 42.2 Å². The summed E-state index contributed by atoms with van der Waals surface area (Å²) < 4.78 is 19.1. The Morgan fingerprint density at radius 2 is 1.06 bits per heavy atom. The zero-order valence-electron chi connectivity index (χ0n) is 32.1. The molecule has 0 bridgehead atoms. The van der Waals surface area contributed by atoms with Crippen molar-refractivity contribution >= 4 is 51.9 Å². The number of aryl methyl sites for hydroxylation is 4. The van der Waals surface area contributed by atoms with E-state index in [0.717, 1.165) is 22.3 Å². The van der Waals surface area contributed by atoms with Gasteiger partial charge in [0, 0.05) is 38.3 Å². The molecule has 0 aliphatic rings. The number of ether oxygens (including phenoxy) is 4. The van der Waals surface area contributed by atoms with Crippen LogP contribution in [0.2, 0.25) is 0 Å². The second-order valence-electron chi connectivity index (χ2n) is 12.8. The number of esters is 2. The third kappa shape index (κ3) is 21.3. The van der Waals surface area contributed by atoms with Crippen LogP contribution in [0.5, 0.6) is 0 Å². The normalized spacial score (nSPS) is 10.4. The van der Waals surface area contributed by atoms with Crippen LogP contribution >= 0.6 is 9.90 Å². The van der Waals surface area contributed by atoms with E-state index in [2.05, 4.69) is 28.0 Å². The summed E-state index contributed by atoms with van der Waals surface area (Å²) in [6.07, 6.45) is -0.0216. The molecule has 1 unspecified atom stereocenters. The van der Waals surface area contributed by atoms with Crippen molar-refractivity contribution < 1.29 is 80.4 Å². The standard InChI is InChI=1S/C18H24N2O5.C9H15NO4.C9H10NO.H3P.Y/c1-10-7-12(15(19)21)8-11(2)13(10)9-14(16(22)24-6)20-17(23)25-18(3,4)5;1-6(7(11)13-5)10-8(12)14-9(2,3)4;1-6-3-7(2)5-8(4-6)9(10)11;;/h7-9H,1-6H3,(H2,19,21)(H,20,23);1H2,2-5H3,(H,10,12);4-5H,1-2H3,(H2,10,11);1H3;/q;;-1;;/b14-9-;;;;. The molecule has 0 spiro atoms. The second kappa shape index (κ2) is 23.4. The van der Waals surface area contributed by atoms with Gasteiger partial charge in [0.15, 0.2) is 0 Å². The Labute approximate surface area is 334 Å². The van der Waals surface area contributed by atoms with Crippen molar-refractivity contribution in [3.8, 4) is 0 Å². The summed E-state index contributed by atoms with van der Waals surface area (Å²) in [5.74, 6) is -2.34. The van der Waals surface area contributed by atoms with Crippen molar-refractivity contribution in [2.45, 2.75) is 80.4 Å². The van der Waals surface area contributed by atoms with Gasteiger partial charge in [-0.1, -0.05) is 26.0 Å². The van der Waals surface area contributed by atoms with Gasteiger partial charge in [-0.3, -0.25) is 20.2 Å². The fourth-order valence-electron chi connectivity index (χ4n) is 3.79. The van der Waals surface area contributed by atoms with Gasteiger partial charge in [-0.25, -0.2) is 19.2 Å². The first-order valence-electron chi connectivity index (χ1n) is 15.1. The van der Waals surface area contributed by atoms with Gasteiger partial charge in [-0.05, 0) is 90.3 Å². The van der Waals surface area contributed by atoms with Gasteiger partial charge in [-0.2, -0.15) is 39.2 Å². The molecule has 285 valence electrons. The summed E-state index contributed by atoms with van der Waals surface area (Å²) in [4.78, 5) is 67.9. The topological polar surface area (TPSA) is 215 Å². The number of benzene rings is 2. The fraction of sp³-hybridized carbons (Fsp3) is 0.389. The molecule has 0 aromatic heterocycles. The van der Waals surface area contributed by atoms with Crippen LogP contribution in [0.25, 0.3) is 6.08 Å². The molecule has 0 saturated heterocycles. The summed E-state index contributed by atoms with van der Waals surface area (Å²) in [5, 5.41) is 4.56. The van der Waals surface area contributed by atoms with Gasteiger partial charge < -0.3 is 30.4 Å². The molecular formula is C36H52N4O10PY-. The van der Waals surface area contributed by atoms with E-state index in [1.54, 1.807) is 79.7 Å². The fourth-order valence-corrected chi connectivity index (χ4v) is 3.79. The van der Waals surface area contributed by atoms with Crippen molar-refractivity contribution in [1.82, 2.24) is 10.6 Å². The summed E-state index contributed by atoms with van der Waals surface area (Å²) >= 11 is 0. The second-order valence-corrected chi connectivity index (χ2v) is 12.8. The molecular weight excluding hydrogens is 768 g/mol. The van der Waals surface area contributed by atoms with E-state index in [4.69, 9.17) is 25.7 Å². The minimum Gasteiger partial charge on any atom is -0.464 e. The van der Waals surface area contributed by atoms with E-state index >= 15 is 0 Å². The Balaban J connectivity index is -0.000000753. The molecule has 1 atom stereocenters. The molecule has 0 aliphatic carbocycles. The van der Waals surface area contributed by atoms with Crippen LogP contribution in [0.4, 0.5) is 9.59 Å². The van der Waals surface area contributed by atoms with E-state index in [-0.39, 0.29) is 59.9 Å². The number of rotatable bonds is 7. The number of nitrogens with one attached hydrogen (secondary N) is 2. The van der Waals surface area contributed by atoms with Crippen LogP contribution in [0.3, 0.4) is 0 Å². The Bertz CT molecular complexity index is 1600. The number of amides is 4. The largest absolute Gasteiger partial charge is 0.464 e. The Kier molecular flexibility index (Phi) is 23.5. The van der Waals surface area contributed by atoms with Gasteiger partial charge >= 0.3 is 24.1 Å². The van der Waals surface area contributed by atoms with Crippen molar-refractivity contribution in [2.24, 2.45) is 11.5 Å². The van der Waals surface area contributed by atoms with Crippen LogP contribution in [-0.4, -0.2) is 61.4 Å². The van der Waals surface area contributed by atoms with Crippen molar-refractivity contribution in [2.75, 3.05) is 14.2 Å². The van der Waals surface area contributed by atoms with Gasteiger partial charge in [0.05, 0.1) is 14.2 Å². The monoisotopic (exact) mass is 820 g/mol. The van der Waals surface area contributed by atoms with Gasteiger partial charge in [0.25, 0.3) is 0 Å². The Morgan fingerprint density at radius 3 is 1.40 bits per heavy atom. The average molecular weight is 821 g/mol. The predicted octanol–water partition coefficient (Wildman–Crippen LogP) is 4.90. The maximum atomic E-state index is 12.0. The molecule has 4 amide bonds. The van der Waals surface area contributed by atoms with E-state index in [1.165, 1.54) is 20.3 Å². The number of hydrogen-bond donors (Lipinski definition) is 4. The minimum absolute atomic E-state index is 0. The maximum absolute atomic E-state index is 12.0. The van der Waals surface area contributed by atoms with Gasteiger partial charge in [0.1, 0.15) is 22.6 Å². The molecule has 2 aromatic carbocycles. The summed E-state index contributed by atoms with van der Waals surface area (Å²) in [6.45, 7) is 20.9. The molecule has 2 rings (SSSR count). The summed E-state index contributed by atoms with van der Waals surface area (Å²) in [7, 11) is 2.41. The number of nitrogens with two attached hydrogens (primary N) is 2. The number of carbonyl (C=O) groups is 6. The number of methoxy groups -OCH3 is 2. The van der Waals surface area contributed by atoms with E-state index in [1.807, 2.05) is 13.8 Å². The summed E-state index contributed by atoms with van der Waals surface area (Å²) in [5.41, 5.74) is 13.8. The molecule has 0 fully saturated rings. The van der Waals surface area contributed by atoms with Crippen LogP contribution < -0.4 is 22.1 Å².